The fraction of sp³-hybridized carbons (Fsp3) is 0.308. The van der Waals surface area contributed by atoms with Crippen molar-refractivity contribution in [1.82, 2.24) is 4.98 Å². The topological polar surface area (TPSA) is 58.9 Å². The zero-order valence-electron chi connectivity index (χ0n) is 9.40. The van der Waals surface area contributed by atoms with Crippen molar-refractivity contribution in [3.8, 4) is 0 Å². The second-order valence-corrected chi connectivity index (χ2v) is 5.68. The minimum absolute atomic E-state index is 0.0345. The van der Waals surface area contributed by atoms with E-state index < -0.39 is 0 Å². The number of hydrogen-bond donors (Lipinski definition) is 2. The molecule has 1 unspecified atom stereocenters. The van der Waals surface area contributed by atoms with Gasteiger partial charge in [0, 0.05) is 22.5 Å². The van der Waals surface area contributed by atoms with Crippen LogP contribution in [0.15, 0.2) is 35.1 Å². The molecule has 0 spiro atoms. The summed E-state index contributed by atoms with van der Waals surface area (Å²) in [5, 5.41) is 0. The van der Waals surface area contributed by atoms with Crippen molar-refractivity contribution in [3.05, 3.63) is 56.1 Å². The average Bonchev–Trinajstić information content (AvgIpc) is 2.69. The quantitative estimate of drug-likeness (QED) is 0.805. The number of H-pyrrole nitrogens is 1. The van der Waals surface area contributed by atoms with Crippen LogP contribution in [-0.2, 0) is 18.4 Å². The van der Waals surface area contributed by atoms with E-state index in [1.807, 2.05) is 18.2 Å². The molecule has 0 aliphatic heterocycles. The van der Waals surface area contributed by atoms with Crippen LogP contribution in [0.4, 0.5) is 0 Å². The molecule has 1 atom stereocenters. The lowest BCUT2D eigenvalue weighted by Crippen LogP contribution is -2.42. The van der Waals surface area contributed by atoms with Gasteiger partial charge in [0.2, 0.25) is 0 Å². The van der Waals surface area contributed by atoms with Crippen LogP contribution in [0.3, 0.4) is 0 Å². The molecular formula is C13H14N2OS. The Kier molecular flexibility index (Phi) is 2.42. The maximum atomic E-state index is 11.3. The number of hydrogen-bond acceptors (Lipinski definition) is 3. The molecule has 2 aromatic rings. The van der Waals surface area contributed by atoms with E-state index in [-0.39, 0.29) is 10.4 Å². The third-order valence-corrected chi connectivity index (χ3v) is 4.43. The fourth-order valence-electron chi connectivity index (χ4n) is 2.49. The van der Waals surface area contributed by atoms with Gasteiger partial charge < -0.3 is 10.7 Å². The molecule has 1 aliphatic rings. The highest BCUT2D eigenvalue weighted by atomic mass is 32.1. The van der Waals surface area contributed by atoms with Gasteiger partial charge in [0.05, 0.1) is 0 Å². The Bertz CT molecular complexity index is 587. The van der Waals surface area contributed by atoms with Gasteiger partial charge in [0.15, 0.2) is 0 Å². The molecule has 0 bridgehead atoms. The van der Waals surface area contributed by atoms with E-state index in [9.17, 15) is 4.79 Å². The molecule has 0 saturated carbocycles. The number of benzene rings is 1. The number of nitrogens with two attached hydrogens (primary N) is 1. The standard InChI is InChI=1S/C13H14N2OS/c14-13(9-4-2-1-3-5-9)7-6-11-10(8-13)15-12(16)17-11/h1-5H,6-8,14H2,(H,15,16). The van der Waals surface area contributed by atoms with Crippen molar-refractivity contribution < 1.29 is 0 Å². The van der Waals surface area contributed by atoms with Crippen LogP contribution >= 0.6 is 11.3 Å². The first-order chi connectivity index (χ1) is 8.17. The van der Waals surface area contributed by atoms with Crippen molar-refractivity contribution in [2.75, 3.05) is 0 Å². The molecule has 1 aromatic heterocycles. The third kappa shape index (κ3) is 1.83. The highest BCUT2D eigenvalue weighted by Crippen LogP contribution is 2.34. The molecule has 4 heteroatoms. The number of fused-ring (bicyclic) bond motifs is 1. The first-order valence-electron chi connectivity index (χ1n) is 5.73. The molecule has 88 valence electrons. The summed E-state index contributed by atoms with van der Waals surface area (Å²) in [6, 6.07) is 10.1. The number of aromatic amines is 1. The predicted molar refractivity (Wildman–Crippen MR) is 69.3 cm³/mol. The van der Waals surface area contributed by atoms with Gasteiger partial charge in [0.1, 0.15) is 0 Å². The molecule has 0 fully saturated rings. The minimum Gasteiger partial charge on any atom is -0.321 e. The molecule has 1 aromatic carbocycles. The van der Waals surface area contributed by atoms with Crippen molar-refractivity contribution in [2.45, 2.75) is 24.8 Å². The molecule has 3 rings (SSSR count). The molecule has 1 aliphatic carbocycles. The number of thiazole rings is 1. The van der Waals surface area contributed by atoms with E-state index in [0.717, 1.165) is 30.5 Å². The van der Waals surface area contributed by atoms with Gasteiger partial charge in [-0.3, -0.25) is 4.79 Å². The molecule has 0 saturated heterocycles. The summed E-state index contributed by atoms with van der Waals surface area (Å²) in [6.07, 6.45) is 2.52. The summed E-state index contributed by atoms with van der Waals surface area (Å²) < 4.78 is 0. The number of nitrogens with one attached hydrogen (secondary N) is 1. The molecule has 0 amide bonds. The van der Waals surface area contributed by atoms with Crippen molar-refractivity contribution in [2.24, 2.45) is 5.73 Å². The fourth-order valence-corrected chi connectivity index (χ4v) is 3.34. The molecule has 3 N–H and O–H groups in total. The molecule has 1 heterocycles. The van der Waals surface area contributed by atoms with Crippen LogP contribution < -0.4 is 10.6 Å². The van der Waals surface area contributed by atoms with Gasteiger partial charge in [-0.2, -0.15) is 0 Å². The number of aromatic nitrogens is 1. The SMILES string of the molecule is NC1(c2ccccc2)CCc2sc(=O)[nH]c2C1. The van der Waals surface area contributed by atoms with Gasteiger partial charge in [-0.1, -0.05) is 41.7 Å². The highest BCUT2D eigenvalue weighted by molar-refractivity contribution is 7.09. The van der Waals surface area contributed by atoms with Gasteiger partial charge in [0.25, 0.3) is 0 Å². The zero-order chi connectivity index (χ0) is 11.9. The lowest BCUT2D eigenvalue weighted by Gasteiger charge is -2.33. The Labute approximate surface area is 103 Å². The van der Waals surface area contributed by atoms with E-state index in [1.54, 1.807) is 0 Å². The van der Waals surface area contributed by atoms with Gasteiger partial charge in [-0.05, 0) is 18.4 Å². The van der Waals surface area contributed by atoms with Crippen LogP contribution in [0.1, 0.15) is 22.6 Å². The first-order valence-corrected chi connectivity index (χ1v) is 6.54. The van der Waals surface area contributed by atoms with Crippen molar-refractivity contribution in [1.29, 1.82) is 0 Å². The maximum Gasteiger partial charge on any atom is 0.304 e. The second-order valence-electron chi connectivity index (χ2n) is 4.62. The molecular weight excluding hydrogens is 232 g/mol. The zero-order valence-corrected chi connectivity index (χ0v) is 10.2. The van der Waals surface area contributed by atoms with Crippen LogP contribution in [0.25, 0.3) is 0 Å². The summed E-state index contributed by atoms with van der Waals surface area (Å²) in [5.41, 5.74) is 8.33. The molecule has 17 heavy (non-hydrogen) atoms. The average molecular weight is 246 g/mol. The molecule has 0 radical (unpaired) electrons. The monoisotopic (exact) mass is 246 g/mol. The van der Waals surface area contributed by atoms with Gasteiger partial charge in [-0.15, -0.1) is 0 Å². The Morgan fingerprint density at radius 3 is 2.82 bits per heavy atom. The first kappa shape index (κ1) is 10.7. The number of rotatable bonds is 1. The normalized spacial score (nSPS) is 23.4. The Hall–Kier alpha value is -1.39. The summed E-state index contributed by atoms with van der Waals surface area (Å²) in [6.45, 7) is 0. The van der Waals surface area contributed by atoms with E-state index in [2.05, 4.69) is 17.1 Å². The van der Waals surface area contributed by atoms with Crippen molar-refractivity contribution >= 4 is 11.3 Å². The molecule has 3 nitrogen and oxygen atoms in total. The lowest BCUT2D eigenvalue weighted by atomic mass is 9.78. The lowest BCUT2D eigenvalue weighted by molar-refractivity contribution is 0.383. The highest BCUT2D eigenvalue weighted by Gasteiger charge is 2.33. The van der Waals surface area contributed by atoms with Crippen LogP contribution in [0.5, 0.6) is 0 Å². The van der Waals surface area contributed by atoms with E-state index >= 15 is 0 Å². The maximum absolute atomic E-state index is 11.3. The third-order valence-electron chi connectivity index (χ3n) is 3.44. The summed E-state index contributed by atoms with van der Waals surface area (Å²) in [5.74, 6) is 0. The Morgan fingerprint density at radius 2 is 2.06 bits per heavy atom. The summed E-state index contributed by atoms with van der Waals surface area (Å²) in [7, 11) is 0. The largest absolute Gasteiger partial charge is 0.321 e. The van der Waals surface area contributed by atoms with Gasteiger partial charge >= 0.3 is 4.87 Å². The van der Waals surface area contributed by atoms with Crippen LogP contribution in [0, 0.1) is 0 Å². The second kappa shape index (κ2) is 3.82. The summed E-state index contributed by atoms with van der Waals surface area (Å²) in [4.78, 5) is 15.4. The Balaban J connectivity index is 2.00. The van der Waals surface area contributed by atoms with E-state index in [0.29, 0.717) is 0 Å². The van der Waals surface area contributed by atoms with E-state index in [4.69, 9.17) is 5.73 Å². The van der Waals surface area contributed by atoms with Gasteiger partial charge in [-0.25, -0.2) is 0 Å². The predicted octanol–water partition coefficient (Wildman–Crippen LogP) is 1.78. The van der Waals surface area contributed by atoms with Crippen LogP contribution in [-0.4, -0.2) is 4.98 Å². The minimum atomic E-state index is -0.335. The van der Waals surface area contributed by atoms with Crippen LogP contribution in [0.2, 0.25) is 0 Å². The smallest absolute Gasteiger partial charge is 0.304 e. The van der Waals surface area contributed by atoms with E-state index in [1.165, 1.54) is 16.2 Å². The van der Waals surface area contributed by atoms with Crippen molar-refractivity contribution in [3.63, 3.8) is 0 Å². The Morgan fingerprint density at radius 1 is 1.29 bits per heavy atom. The summed E-state index contributed by atoms with van der Waals surface area (Å²) >= 11 is 1.32. The number of aryl methyl sites for hydroxylation is 1.